The highest BCUT2D eigenvalue weighted by molar-refractivity contribution is 5.56. The molecule has 0 saturated carbocycles. The van der Waals surface area contributed by atoms with Crippen LogP contribution < -0.4 is 5.73 Å². The number of rotatable bonds is 3. The Kier molecular flexibility index (Phi) is 3.90. The quantitative estimate of drug-likeness (QED) is 0.787. The topological polar surface area (TPSA) is 49.8 Å². The first-order valence-corrected chi connectivity index (χ1v) is 4.65. The first kappa shape index (κ1) is 10.5. The van der Waals surface area contributed by atoms with E-state index < -0.39 is 0 Å². The standard InChI is InChI=1S/C12H14N2/c1-10-5-6-11(9-14)8-12(10)4-2-3-7-13/h2,4-6,8H,3,7,13H2,1H3. The second kappa shape index (κ2) is 5.21. The van der Waals surface area contributed by atoms with Gasteiger partial charge in [0.25, 0.3) is 0 Å². The molecule has 0 aliphatic carbocycles. The van der Waals surface area contributed by atoms with E-state index in [2.05, 4.69) is 6.07 Å². The second-order valence-corrected chi connectivity index (χ2v) is 3.16. The molecule has 2 N–H and O–H groups in total. The van der Waals surface area contributed by atoms with Gasteiger partial charge < -0.3 is 5.73 Å². The minimum Gasteiger partial charge on any atom is -0.330 e. The van der Waals surface area contributed by atoms with Crippen molar-refractivity contribution in [2.75, 3.05) is 6.54 Å². The van der Waals surface area contributed by atoms with Gasteiger partial charge in [0, 0.05) is 0 Å². The highest BCUT2D eigenvalue weighted by Gasteiger charge is 1.95. The molecule has 1 rings (SSSR count). The van der Waals surface area contributed by atoms with E-state index in [4.69, 9.17) is 11.0 Å². The fourth-order valence-electron chi connectivity index (χ4n) is 1.20. The van der Waals surface area contributed by atoms with Crippen LogP contribution in [0.1, 0.15) is 23.1 Å². The van der Waals surface area contributed by atoms with Crippen LogP contribution >= 0.6 is 0 Å². The van der Waals surface area contributed by atoms with Gasteiger partial charge in [0.2, 0.25) is 0 Å². The zero-order valence-corrected chi connectivity index (χ0v) is 8.33. The van der Waals surface area contributed by atoms with Gasteiger partial charge in [-0.1, -0.05) is 18.2 Å². The van der Waals surface area contributed by atoms with Crippen LogP contribution in [0.4, 0.5) is 0 Å². The molecule has 0 saturated heterocycles. The molecular formula is C12H14N2. The van der Waals surface area contributed by atoms with Gasteiger partial charge in [0.1, 0.15) is 0 Å². The summed E-state index contributed by atoms with van der Waals surface area (Å²) in [5.41, 5.74) is 8.35. The maximum absolute atomic E-state index is 8.73. The molecule has 0 amide bonds. The summed E-state index contributed by atoms with van der Waals surface area (Å²) in [6.07, 6.45) is 4.92. The SMILES string of the molecule is Cc1ccc(C#N)cc1C=CCCN. The normalized spacial score (nSPS) is 10.4. The number of hydrogen-bond donors (Lipinski definition) is 1. The number of benzene rings is 1. The molecule has 0 aromatic heterocycles. The summed E-state index contributed by atoms with van der Waals surface area (Å²) in [4.78, 5) is 0. The third kappa shape index (κ3) is 2.72. The Bertz CT molecular complexity index is 372. The fourth-order valence-corrected chi connectivity index (χ4v) is 1.20. The lowest BCUT2D eigenvalue weighted by atomic mass is 10.0. The van der Waals surface area contributed by atoms with E-state index in [1.165, 1.54) is 5.56 Å². The predicted octanol–water partition coefficient (Wildman–Crippen LogP) is 2.23. The van der Waals surface area contributed by atoms with E-state index in [0.717, 1.165) is 12.0 Å². The van der Waals surface area contributed by atoms with E-state index >= 15 is 0 Å². The van der Waals surface area contributed by atoms with Gasteiger partial charge in [-0.15, -0.1) is 0 Å². The molecule has 14 heavy (non-hydrogen) atoms. The van der Waals surface area contributed by atoms with Gasteiger partial charge >= 0.3 is 0 Å². The highest BCUT2D eigenvalue weighted by Crippen LogP contribution is 2.12. The monoisotopic (exact) mass is 186 g/mol. The van der Waals surface area contributed by atoms with E-state index in [-0.39, 0.29) is 0 Å². The number of nitrogens with two attached hydrogens (primary N) is 1. The van der Waals surface area contributed by atoms with Gasteiger partial charge in [-0.2, -0.15) is 5.26 Å². The maximum atomic E-state index is 8.73. The van der Waals surface area contributed by atoms with E-state index in [0.29, 0.717) is 12.1 Å². The summed E-state index contributed by atoms with van der Waals surface area (Å²) in [6, 6.07) is 7.81. The summed E-state index contributed by atoms with van der Waals surface area (Å²) in [5, 5.41) is 8.73. The average Bonchev–Trinajstić information content (AvgIpc) is 2.21. The zero-order chi connectivity index (χ0) is 10.4. The van der Waals surface area contributed by atoms with E-state index in [9.17, 15) is 0 Å². The molecule has 0 atom stereocenters. The Morgan fingerprint density at radius 3 is 2.93 bits per heavy atom. The molecule has 0 fully saturated rings. The van der Waals surface area contributed by atoms with Crippen molar-refractivity contribution in [2.45, 2.75) is 13.3 Å². The smallest absolute Gasteiger partial charge is 0.0991 e. The molecule has 1 aromatic rings. The molecule has 2 heteroatoms. The maximum Gasteiger partial charge on any atom is 0.0991 e. The summed E-state index contributed by atoms with van der Waals surface area (Å²) >= 11 is 0. The number of nitrogens with zero attached hydrogens (tertiary/aromatic N) is 1. The minimum atomic E-state index is 0.660. The first-order chi connectivity index (χ1) is 6.77. The summed E-state index contributed by atoms with van der Waals surface area (Å²) in [5.74, 6) is 0. The van der Waals surface area contributed by atoms with Crippen molar-refractivity contribution in [3.8, 4) is 6.07 Å². The third-order valence-electron chi connectivity index (χ3n) is 2.04. The largest absolute Gasteiger partial charge is 0.330 e. The van der Waals surface area contributed by atoms with Crippen LogP contribution in [0, 0.1) is 18.3 Å². The summed E-state index contributed by atoms with van der Waals surface area (Å²) in [7, 11) is 0. The Labute approximate surface area is 84.7 Å². The minimum absolute atomic E-state index is 0.660. The molecule has 0 bridgehead atoms. The Morgan fingerprint density at radius 1 is 1.50 bits per heavy atom. The van der Waals surface area contributed by atoms with Gasteiger partial charge in [-0.05, 0) is 43.1 Å². The third-order valence-corrected chi connectivity index (χ3v) is 2.04. The van der Waals surface area contributed by atoms with Crippen molar-refractivity contribution < 1.29 is 0 Å². The van der Waals surface area contributed by atoms with Crippen LogP contribution in [0.25, 0.3) is 6.08 Å². The van der Waals surface area contributed by atoms with Crippen LogP contribution in [0.2, 0.25) is 0 Å². The number of aryl methyl sites for hydroxylation is 1. The lowest BCUT2D eigenvalue weighted by Crippen LogP contribution is -1.95. The second-order valence-electron chi connectivity index (χ2n) is 3.16. The highest BCUT2D eigenvalue weighted by atomic mass is 14.5. The van der Waals surface area contributed by atoms with Crippen LogP contribution in [0.3, 0.4) is 0 Å². The van der Waals surface area contributed by atoms with Crippen molar-refractivity contribution in [3.05, 3.63) is 41.0 Å². The molecule has 72 valence electrons. The van der Waals surface area contributed by atoms with Crippen LogP contribution in [-0.4, -0.2) is 6.54 Å². The van der Waals surface area contributed by atoms with Gasteiger partial charge in [0.15, 0.2) is 0 Å². The predicted molar refractivity (Wildman–Crippen MR) is 58.6 cm³/mol. The lowest BCUT2D eigenvalue weighted by molar-refractivity contribution is 1.01. The molecule has 2 nitrogen and oxygen atoms in total. The lowest BCUT2D eigenvalue weighted by Gasteiger charge is -1.99. The van der Waals surface area contributed by atoms with Crippen molar-refractivity contribution in [2.24, 2.45) is 5.73 Å². The molecule has 0 spiro atoms. The molecule has 0 aliphatic rings. The van der Waals surface area contributed by atoms with E-state index in [1.807, 2.05) is 37.3 Å². The summed E-state index contributed by atoms with van der Waals surface area (Å²) < 4.78 is 0. The average molecular weight is 186 g/mol. The number of nitriles is 1. The van der Waals surface area contributed by atoms with Crippen molar-refractivity contribution >= 4 is 6.08 Å². The van der Waals surface area contributed by atoms with Crippen LogP contribution in [0.5, 0.6) is 0 Å². The van der Waals surface area contributed by atoms with Crippen molar-refractivity contribution in [1.82, 2.24) is 0 Å². The van der Waals surface area contributed by atoms with Gasteiger partial charge in [-0.25, -0.2) is 0 Å². The Hall–Kier alpha value is -1.59. The zero-order valence-electron chi connectivity index (χ0n) is 8.33. The molecule has 0 aliphatic heterocycles. The first-order valence-electron chi connectivity index (χ1n) is 4.65. The molecule has 0 heterocycles. The summed E-state index contributed by atoms with van der Waals surface area (Å²) in [6.45, 7) is 2.69. The molecule has 0 unspecified atom stereocenters. The van der Waals surface area contributed by atoms with Crippen LogP contribution in [-0.2, 0) is 0 Å². The van der Waals surface area contributed by atoms with Crippen molar-refractivity contribution in [1.29, 1.82) is 5.26 Å². The van der Waals surface area contributed by atoms with Gasteiger partial charge in [-0.3, -0.25) is 0 Å². The van der Waals surface area contributed by atoms with E-state index in [1.54, 1.807) is 0 Å². The molecule has 1 aromatic carbocycles. The Morgan fingerprint density at radius 2 is 2.29 bits per heavy atom. The van der Waals surface area contributed by atoms with Crippen LogP contribution in [0.15, 0.2) is 24.3 Å². The number of hydrogen-bond acceptors (Lipinski definition) is 2. The molecule has 0 radical (unpaired) electrons. The fraction of sp³-hybridized carbons (Fsp3) is 0.250. The Balaban J connectivity index is 2.90. The van der Waals surface area contributed by atoms with Crippen molar-refractivity contribution in [3.63, 3.8) is 0 Å². The van der Waals surface area contributed by atoms with Gasteiger partial charge in [0.05, 0.1) is 11.6 Å². The molecular weight excluding hydrogens is 172 g/mol.